The Hall–Kier alpha value is -1.52. The van der Waals surface area contributed by atoms with Crippen molar-refractivity contribution < 1.29 is 14.7 Å². The highest BCUT2D eigenvalue weighted by Gasteiger charge is 2.52. The number of carbonyl (C=O) groups excluding carboxylic acids is 1. The number of nitrogens with zero attached hydrogens (tertiary/aromatic N) is 1. The van der Waals surface area contributed by atoms with Crippen LogP contribution in [0.5, 0.6) is 0 Å². The maximum atomic E-state index is 11.7. The molecular weight excluding hydrogens is 196 g/mol. The van der Waals surface area contributed by atoms with Gasteiger partial charge in [0, 0.05) is 13.1 Å². The Morgan fingerprint density at radius 1 is 1.33 bits per heavy atom. The molecule has 0 aromatic rings. The third-order valence-corrected chi connectivity index (χ3v) is 2.85. The maximum Gasteiger partial charge on any atom is 0.329 e. The summed E-state index contributed by atoms with van der Waals surface area (Å²) in [6, 6.07) is -0.265. The minimum Gasteiger partial charge on any atom is -0.480 e. The molecule has 5 nitrogen and oxygen atoms in total. The first kappa shape index (κ1) is 10.0. The van der Waals surface area contributed by atoms with E-state index in [-0.39, 0.29) is 6.03 Å². The Balaban J connectivity index is 1.92. The first-order chi connectivity index (χ1) is 7.14. The lowest BCUT2D eigenvalue weighted by atomic mass is 10.2. The summed E-state index contributed by atoms with van der Waals surface area (Å²) in [6.45, 7) is 1.24. The highest BCUT2D eigenvalue weighted by atomic mass is 16.4. The summed E-state index contributed by atoms with van der Waals surface area (Å²) < 4.78 is 0. The van der Waals surface area contributed by atoms with Gasteiger partial charge in [-0.25, -0.2) is 9.59 Å². The van der Waals surface area contributed by atoms with Crippen molar-refractivity contribution in [3.63, 3.8) is 0 Å². The van der Waals surface area contributed by atoms with Crippen molar-refractivity contribution in [1.82, 2.24) is 10.2 Å². The van der Waals surface area contributed by atoms with Crippen LogP contribution in [0.15, 0.2) is 12.2 Å². The molecule has 0 radical (unpaired) electrons. The Morgan fingerprint density at radius 3 is 2.53 bits per heavy atom. The van der Waals surface area contributed by atoms with Crippen LogP contribution in [-0.2, 0) is 4.79 Å². The van der Waals surface area contributed by atoms with E-state index in [9.17, 15) is 9.59 Å². The van der Waals surface area contributed by atoms with E-state index in [1.54, 1.807) is 4.90 Å². The predicted octanol–water partition coefficient (Wildman–Crippen LogP) is 0.575. The van der Waals surface area contributed by atoms with Crippen LogP contribution in [0.1, 0.15) is 19.3 Å². The molecule has 5 heteroatoms. The standard InChI is InChI=1S/C10H14N2O3/c13-8(14)10(4-5-10)11-9(15)12-6-2-1-3-7-12/h1-2H,3-7H2,(H,11,15)(H,13,14). The molecule has 2 amide bonds. The molecule has 2 N–H and O–H groups in total. The predicted molar refractivity (Wildman–Crippen MR) is 53.5 cm³/mol. The van der Waals surface area contributed by atoms with Gasteiger partial charge in [0.25, 0.3) is 0 Å². The van der Waals surface area contributed by atoms with Crippen LogP contribution >= 0.6 is 0 Å². The maximum absolute atomic E-state index is 11.7. The van der Waals surface area contributed by atoms with Crippen molar-refractivity contribution in [3.8, 4) is 0 Å². The number of carbonyl (C=O) groups is 2. The Labute approximate surface area is 87.7 Å². The van der Waals surface area contributed by atoms with Gasteiger partial charge in [0.05, 0.1) is 0 Å². The van der Waals surface area contributed by atoms with E-state index in [2.05, 4.69) is 5.32 Å². The number of nitrogens with one attached hydrogen (secondary N) is 1. The van der Waals surface area contributed by atoms with Crippen molar-refractivity contribution in [2.75, 3.05) is 13.1 Å². The first-order valence-corrected chi connectivity index (χ1v) is 5.09. The number of amides is 2. The molecule has 0 spiro atoms. The fourth-order valence-electron chi connectivity index (χ4n) is 1.63. The van der Waals surface area contributed by atoms with E-state index >= 15 is 0 Å². The van der Waals surface area contributed by atoms with Crippen molar-refractivity contribution in [3.05, 3.63) is 12.2 Å². The van der Waals surface area contributed by atoms with Crippen LogP contribution in [0.25, 0.3) is 0 Å². The van der Waals surface area contributed by atoms with E-state index in [4.69, 9.17) is 5.11 Å². The number of carboxylic acid groups (broad SMARTS) is 1. The highest BCUT2D eigenvalue weighted by molar-refractivity contribution is 5.89. The third-order valence-electron chi connectivity index (χ3n) is 2.85. The second kappa shape index (κ2) is 3.56. The lowest BCUT2D eigenvalue weighted by Crippen LogP contribution is -2.50. The zero-order chi connectivity index (χ0) is 10.9. The summed E-state index contributed by atoms with van der Waals surface area (Å²) >= 11 is 0. The van der Waals surface area contributed by atoms with Gasteiger partial charge < -0.3 is 15.3 Å². The topological polar surface area (TPSA) is 69.6 Å². The van der Waals surface area contributed by atoms with Crippen molar-refractivity contribution in [1.29, 1.82) is 0 Å². The number of urea groups is 1. The van der Waals surface area contributed by atoms with E-state index in [0.717, 1.165) is 6.42 Å². The molecule has 2 rings (SSSR count). The van der Waals surface area contributed by atoms with E-state index < -0.39 is 11.5 Å². The van der Waals surface area contributed by atoms with E-state index in [1.165, 1.54) is 0 Å². The summed E-state index contributed by atoms with van der Waals surface area (Å²) in [5.41, 5.74) is -0.974. The SMILES string of the molecule is O=C(NC1(C(=O)O)CC1)N1CC=CCC1. The van der Waals surface area contributed by atoms with Gasteiger partial charge in [-0.2, -0.15) is 0 Å². The summed E-state index contributed by atoms with van der Waals surface area (Å²) in [4.78, 5) is 24.2. The van der Waals surface area contributed by atoms with Crippen molar-refractivity contribution in [2.24, 2.45) is 0 Å². The van der Waals surface area contributed by atoms with Crippen LogP contribution in [-0.4, -0.2) is 40.6 Å². The zero-order valence-electron chi connectivity index (χ0n) is 8.40. The molecule has 1 aliphatic heterocycles. The smallest absolute Gasteiger partial charge is 0.329 e. The molecule has 0 aromatic carbocycles. The number of hydrogen-bond acceptors (Lipinski definition) is 2. The summed E-state index contributed by atoms with van der Waals surface area (Å²) in [5.74, 6) is -0.927. The molecule has 2 aliphatic rings. The Morgan fingerprint density at radius 2 is 2.07 bits per heavy atom. The van der Waals surface area contributed by atoms with Crippen LogP contribution < -0.4 is 5.32 Å². The lowest BCUT2D eigenvalue weighted by Gasteiger charge is -2.25. The largest absolute Gasteiger partial charge is 0.480 e. The number of aliphatic carboxylic acids is 1. The molecule has 0 atom stereocenters. The van der Waals surface area contributed by atoms with Gasteiger partial charge in [-0.15, -0.1) is 0 Å². The van der Waals surface area contributed by atoms with Gasteiger partial charge in [0.15, 0.2) is 0 Å². The van der Waals surface area contributed by atoms with Gasteiger partial charge >= 0.3 is 12.0 Å². The molecule has 0 saturated heterocycles. The van der Waals surface area contributed by atoms with Crippen LogP contribution in [0.4, 0.5) is 4.79 Å². The van der Waals surface area contributed by atoms with Crippen molar-refractivity contribution >= 4 is 12.0 Å². The Kier molecular flexibility index (Phi) is 2.38. The Bertz CT molecular complexity index is 321. The molecule has 1 saturated carbocycles. The van der Waals surface area contributed by atoms with Crippen molar-refractivity contribution in [2.45, 2.75) is 24.8 Å². The number of hydrogen-bond donors (Lipinski definition) is 2. The molecule has 1 aliphatic carbocycles. The van der Waals surface area contributed by atoms with Gasteiger partial charge in [-0.05, 0) is 19.3 Å². The molecule has 82 valence electrons. The quantitative estimate of drug-likeness (QED) is 0.655. The summed E-state index contributed by atoms with van der Waals surface area (Å²) in [6.07, 6.45) is 5.86. The van der Waals surface area contributed by atoms with E-state index in [0.29, 0.717) is 25.9 Å². The molecule has 1 fully saturated rings. The molecular formula is C10H14N2O3. The molecule has 1 heterocycles. The van der Waals surface area contributed by atoms with Gasteiger partial charge in [-0.3, -0.25) is 0 Å². The first-order valence-electron chi connectivity index (χ1n) is 5.09. The minimum atomic E-state index is -0.974. The third kappa shape index (κ3) is 1.95. The summed E-state index contributed by atoms with van der Waals surface area (Å²) in [7, 11) is 0. The van der Waals surface area contributed by atoms with Gasteiger partial charge in [0.2, 0.25) is 0 Å². The second-order valence-corrected chi connectivity index (χ2v) is 4.02. The molecule has 15 heavy (non-hydrogen) atoms. The fourth-order valence-corrected chi connectivity index (χ4v) is 1.63. The van der Waals surface area contributed by atoms with Gasteiger partial charge in [-0.1, -0.05) is 12.2 Å². The lowest BCUT2D eigenvalue weighted by molar-refractivity contribution is -0.140. The second-order valence-electron chi connectivity index (χ2n) is 4.02. The molecule has 0 bridgehead atoms. The highest BCUT2D eigenvalue weighted by Crippen LogP contribution is 2.35. The van der Waals surface area contributed by atoms with E-state index in [1.807, 2.05) is 12.2 Å². The number of rotatable bonds is 2. The van der Waals surface area contributed by atoms with Gasteiger partial charge in [0.1, 0.15) is 5.54 Å². The monoisotopic (exact) mass is 210 g/mol. The molecule has 0 aromatic heterocycles. The summed E-state index contributed by atoms with van der Waals surface area (Å²) in [5, 5.41) is 11.5. The fraction of sp³-hybridized carbons (Fsp3) is 0.600. The van der Waals surface area contributed by atoms with Crippen LogP contribution in [0.2, 0.25) is 0 Å². The van der Waals surface area contributed by atoms with Crippen LogP contribution in [0, 0.1) is 0 Å². The zero-order valence-corrected chi connectivity index (χ0v) is 8.40. The normalized spacial score (nSPS) is 22.3. The number of carboxylic acids is 1. The molecule has 0 unspecified atom stereocenters. The minimum absolute atomic E-state index is 0.265. The average Bonchev–Trinajstić information content (AvgIpc) is 3.00. The van der Waals surface area contributed by atoms with Crippen LogP contribution in [0.3, 0.4) is 0 Å². The average molecular weight is 210 g/mol.